The molecule has 0 radical (unpaired) electrons. The molecule has 1 aromatic heterocycles. The van der Waals surface area contributed by atoms with E-state index in [2.05, 4.69) is 46.5 Å². The molecule has 0 amide bonds. The van der Waals surface area contributed by atoms with Crippen LogP contribution in [0.15, 0.2) is 103 Å². The van der Waals surface area contributed by atoms with E-state index >= 15 is 0 Å². The van der Waals surface area contributed by atoms with E-state index in [1.807, 2.05) is 72.9 Å². The van der Waals surface area contributed by atoms with Crippen molar-refractivity contribution in [1.29, 1.82) is 0 Å². The summed E-state index contributed by atoms with van der Waals surface area (Å²) in [5, 5.41) is 12.6. The summed E-state index contributed by atoms with van der Waals surface area (Å²) in [6, 6.07) is 30.3. The van der Waals surface area contributed by atoms with Crippen molar-refractivity contribution in [3.05, 3.63) is 126 Å². The predicted molar refractivity (Wildman–Crippen MR) is 163 cm³/mol. The number of imidazole rings is 1. The van der Waals surface area contributed by atoms with Crippen LogP contribution in [0.4, 0.5) is 0 Å². The molecule has 0 spiro atoms. The van der Waals surface area contributed by atoms with Crippen molar-refractivity contribution in [2.45, 2.75) is 90.0 Å². The Hall–Kier alpha value is -3.21. The van der Waals surface area contributed by atoms with Crippen LogP contribution in [0.3, 0.4) is 0 Å². The Morgan fingerprint density at radius 3 is 1.73 bits per heavy atom. The van der Waals surface area contributed by atoms with Crippen LogP contribution in [0.2, 0.25) is 0 Å². The van der Waals surface area contributed by atoms with Crippen LogP contribution < -0.4 is 4.57 Å². The normalized spacial score (nSPS) is 11.7. The highest BCUT2D eigenvalue weighted by Crippen LogP contribution is 2.35. The lowest BCUT2D eigenvalue weighted by Gasteiger charge is -2.27. The zero-order valence-electron chi connectivity index (χ0n) is 24.3. The summed E-state index contributed by atoms with van der Waals surface area (Å²) in [4.78, 5) is 0. The average Bonchev–Trinajstić information content (AvgIpc) is 3.41. The van der Waals surface area contributed by atoms with Gasteiger partial charge < -0.3 is 9.84 Å². The van der Waals surface area contributed by atoms with Gasteiger partial charge in [-0.15, -0.1) is 0 Å². The number of ether oxygens (including phenoxy) is 1. The third kappa shape index (κ3) is 8.16. The smallest absolute Gasteiger partial charge is 0.300 e. The first-order valence-corrected chi connectivity index (χ1v) is 15.3. The van der Waals surface area contributed by atoms with E-state index < -0.39 is 5.60 Å². The minimum Gasteiger partial charge on any atom is -0.370 e. The molecule has 0 unspecified atom stereocenters. The fraction of sp³-hybridized carbons (Fsp3) is 0.417. The molecule has 4 heteroatoms. The molecule has 0 saturated carbocycles. The molecule has 0 aliphatic rings. The van der Waals surface area contributed by atoms with Crippen LogP contribution >= 0.6 is 0 Å². The van der Waals surface area contributed by atoms with Gasteiger partial charge in [-0.3, -0.25) is 0 Å². The number of unbranched alkanes of at least 4 members (excludes halogenated alkanes) is 9. The van der Waals surface area contributed by atoms with Gasteiger partial charge in [-0.2, -0.15) is 0 Å². The molecule has 0 aliphatic heterocycles. The topological polar surface area (TPSA) is 38.3 Å². The van der Waals surface area contributed by atoms with Crippen LogP contribution in [0.1, 0.15) is 93.6 Å². The molecule has 0 bridgehead atoms. The quantitative estimate of drug-likeness (QED) is 0.103. The number of aliphatic hydroxyl groups is 1. The fourth-order valence-electron chi connectivity index (χ4n) is 5.53. The maximum absolute atomic E-state index is 12.6. The van der Waals surface area contributed by atoms with E-state index in [0.29, 0.717) is 13.3 Å². The first kappa shape index (κ1) is 29.8. The van der Waals surface area contributed by atoms with Crippen molar-refractivity contribution >= 4 is 0 Å². The number of rotatable bonds is 18. The number of hydrogen-bond donors (Lipinski definition) is 1. The van der Waals surface area contributed by atoms with Crippen LogP contribution in [0.5, 0.6) is 0 Å². The number of benzene rings is 3. The molecule has 4 nitrogen and oxygen atoms in total. The maximum Gasteiger partial charge on any atom is 0.300 e. The fourth-order valence-corrected chi connectivity index (χ4v) is 5.53. The first-order chi connectivity index (χ1) is 19.7. The van der Waals surface area contributed by atoms with E-state index in [1.165, 1.54) is 63.4 Å². The lowest BCUT2D eigenvalue weighted by atomic mass is 9.85. The lowest BCUT2D eigenvalue weighted by Crippen LogP contribution is -2.47. The molecule has 1 N–H and O–H groups in total. The van der Waals surface area contributed by atoms with Crippen molar-refractivity contribution in [2.75, 3.05) is 6.61 Å². The maximum atomic E-state index is 12.6. The minimum absolute atomic E-state index is 0.399. The molecule has 0 aliphatic carbocycles. The Balaban J connectivity index is 1.46. The van der Waals surface area contributed by atoms with Gasteiger partial charge in [0.1, 0.15) is 18.9 Å². The molecule has 4 aromatic rings. The van der Waals surface area contributed by atoms with E-state index in [4.69, 9.17) is 4.74 Å². The summed E-state index contributed by atoms with van der Waals surface area (Å²) in [5.74, 6) is 0.789. The summed E-state index contributed by atoms with van der Waals surface area (Å²) in [5.41, 5.74) is 1.50. The van der Waals surface area contributed by atoms with Gasteiger partial charge in [0.2, 0.25) is 5.60 Å². The Bertz CT molecular complexity index is 1180. The zero-order chi connectivity index (χ0) is 27.9. The summed E-state index contributed by atoms with van der Waals surface area (Å²) < 4.78 is 10.4. The van der Waals surface area contributed by atoms with Crippen LogP contribution in [0.25, 0.3) is 0 Å². The molecule has 4 rings (SSSR count). The van der Waals surface area contributed by atoms with Crippen molar-refractivity contribution in [2.24, 2.45) is 0 Å². The van der Waals surface area contributed by atoms with Gasteiger partial charge in [-0.1, -0.05) is 156 Å². The van der Waals surface area contributed by atoms with Gasteiger partial charge in [0.25, 0.3) is 0 Å². The van der Waals surface area contributed by atoms with Crippen molar-refractivity contribution in [1.82, 2.24) is 4.57 Å². The van der Waals surface area contributed by atoms with Crippen molar-refractivity contribution in [3.8, 4) is 0 Å². The second-order valence-corrected chi connectivity index (χ2v) is 10.9. The van der Waals surface area contributed by atoms with Crippen LogP contribution in [-0.4, -0.2) is 16.3 Å². The second-order valence-electron chi connectivity index (χ2n) is 10.9. The lowest BCUT2D eigenvalue weighted by molar-refractivity contribution is -0.700. The van der Waals surface area contributed by atoms with Crippen LogP contribution in [0, 0.1) is 0 Å². The van der Waals surface area contributed by atoms with E-state index in [0.717, 1.165) is 30.0 Å². The number of hydrogen-bond acceptors (Lipinski definition) is 2. The second kappa shape index (κ2) is 16.2. The number of aromatic nitrogens is 2. The minimum atomic E-state index is -1.35. The van der Waals surface area contributed by atoms with Crippen LogP contribution in [-0.2, 0) is 23.6 Å². The molecule has 0 fully saturated rings. The summed E-state index contributed by atoms with van der Waals surface area (Å²) >= 11 is 0. The van der Waals surface area contributed by atoms with Gasteiger partial charge in [0.15, 0.2) is 6.73 Å². The Kier molecular flexibility index (Phi) is 12.0. The van der Waals surface area contributed by atoms with Gasteiger partial charge >= 0.3 is 5.82 Å². The summed E-state index contributed by atoms with van der Waals surface area (Å²) in [7, 11) is 0. The van der Waals surface area contributed by atoms with Gasteiger partial charge in [0, 0.05) is 11.1 Å². The summed E-state index contributed by atoms with van der Waals surface area (Å²) in [6.07, 6.45) is 17.2. The highest BCUT2D eigenvalue weighted by atomic mass is 16.5. The molecular formula is C36H47N2O2+. The molecule has 0 saturated heterocycles. The molecule has 3 aromatic carbocycles. The molecule has 0 atom stereocenters. The zero-order valence-corrected chi connectivity index (χ0v) is 24.3. The Morgan fingerprint density at radius 2 is 1.18 bits per heavy atom. The number of nitrogens with zero attached hydrogens (tertiary/aromatic N) is 2. The summed E-state index contributed by atoms with van der Waals surface area (Å²) in [6.45, 7) is 4.05. The van der Waals surface area contributed by atoms with Crippen molar-refractivity contribution in [3.63, 3.8) is 0 Å². The third-order valence-electron chi connectivity index (χ3n) is 7.75. The Morgan fingerprint density at radius 1 is 0.675 bits per heavy atom. The third-order valence-corrected chi connectivity index (χ3v) is 7.75. The molecule has 212 valence electrons. The largest absolute Gasteiger partial charge is 0.370 e. The SMILES string of the molecule is CCCCCCCCCCCCOCn1cc[n+](Cc2ccccc2)c1C(O)(c1ccccc1)c1ccccc1. The first-order valence-electron chi connectivity index (χ1n) is 15.3. The highest BCUT2D eigenvalue weighted by Gasteiger charge is 2.45. The molecular weight excluding hydrogens is 492 g/mol. The Labute approximate surface area is 241 Å². The van der Waals surface area contributed by atoms with E-state index in [9.17, 15) is 5.11 Å². The van der Waals surface area contributed by atoms with Gasteiger partial charge in [-0.05, 0) is 12.0 Å². The highest BCUT2D eigenvalue weighted by molar-refractivity contribution is 5.41. The predicted octanol–water partition coefficient (Wildman–Crippen LogP) is 8.00. The van der Waals surface area contributed by atoms with Gasteiger partial charge in [-0.25, -0.2) is 9.13 Å². The molecule has 40 heavy (non-hydrogen) atoms. The van der Waals surface area contributed by atoms with Gasteiger partial charge in [0.05, 0.1) is 6.61 Å². The van der Waals surface area contributed by atoms with E-state index in [-0.39, 0.29) is 0 Å². The average molecular weight is 540 g/mol. The molecule has 1 heterocycles. The van der Waals surface area contributed by atoms with Crippen molar-refractivity contribution < 1.29 is 14.4 Å². The monoisotopic (exact) mass is 539 g/mol. The standard InChI is InChI=1S/C36H47N2O2/c1-2-3-4-5-6-7-8-9-10-20-29-40-31-38-28-27-37(30-32-21-14-11-15-22-32)35(38)36(39,33-23-16-12-17-24-33)34-25-18-13-19-26-34/h11-19,21-28,39H,2-10,20,29-31H2,1H3/q+1. The van der Waals surface area contributed by atoms with E-state index in [1.54, 1.807) is 0 Å².